The van der Waals surface area contributed by atoms with Crippen molar-refractivity contribution in [3.63, 3.8) is 0 Å². The second-order valence-corrected chi connectivity index (χ2v) is 15.2. The summed E-state index contributed by atoms with van der Waals surface area (Å²) < 4.78 is 9.27. The van der Waals surface area contributed by atoms with Crippen molar-refractivity contribution in [1.82, 2.24) is 4.57 Å². The van der Waals surface area contributed by atoms with Crippen LogP contribution in [0, 0.1) is 0 Å². The van der Waals surface area contributed by atoms with Gasteiger partial charge in [0.15, 0.2) is 0 Å². The molecule has 0 amide bonds. The van der Waals surface area contributed by atoms with Gasteiger partial charge in [0.1, 0.15) is 11.2 Å². The van der Waals surface area contributed by atoms with Crippen LogP contribution in [0.25, 0.3) is 115 Å². The van der Waals surface area contributed by atoms with Crippen molar-refractivity contribution in [3.05, 3.63) is 212 Å². The molecule has 12 aromatic rings. The van der Waals surface area contributed by atoms with E-state index in [-0.39, 0.29) is 0 Å². The van der Waals surface area contributed by atoms with E-state index in [1.54, 1.807) is 0 Å². The molecule has 0 aliphatic carbocycles. The first kappa shape index (κ1) is 32.6. The lowest BCUT2D eigenvalue weighted by molar-refractivity contribution is 0.671. The minimum Gasteiger partial charge on any atom is -0.455 e. The molecule has 0 aliphatic heterocycles. The van der Waals surface area contributed by atoms with Crippen LogP contribution in [-0.4, -0.2) is 4.57 Å². The Morgan fingerprint density at radius 1 is 0.276 bits per heavy atom. The van der Waals surface area contributed by atoms with E-state index < -0.39 is 0 Å². The largest absolute Gasteiger partial charge is 0.455 e. The van der Waals surface area contributed by atoms with Crippen LogP contribution in [0.2, 0.25) is 0 Å². The van der Waals surface area contributed by atoms with Gasteiger partial charge in [-0.15, -0.1) is 0 Å². The molecule has 0 saturated heterocycles. The number of benzene rings is 10. The van der Waals surface area contributed by atoms with E-state index in [9.17, 15) is 0 Å². The summed E-state index contributed by atoms with van der Waals surface area (Å²) in [5.74, 6) is 0. The van der Waals surface area contributed by atoms with Gasteiger partial charge in [-0.3, -0.25) is 0 Å². The van der Waals surface area contributed by atoms with Crippen LogP contribution in [-0.2, 0) is 0 Å². The van der Waals surface area contributed by atoms with Gasteiger partial charge in [0.2, 0.25) is 0 Å². The summed E-state index contributed by atoms with van der Waals surface area (Å²) in [5, 5.41) is 9.74. The molecule has 12 rings (SSSR count). The van der Waals surface area contributed by atoms with Crippen molar-refractivity contribution in [3.8, 4) is 50.2 Å². The first-order valence-electron chi connectivity index (χ1n) is 19.9. The summed E-state index contributed by atoms with van der Waals surface area (Å²) in [4.78, 5) is 0. The topological polar surface area (TPSA) is 18.1 Å². The molecule has 0 fully saturated rings. The Kier molecular flexibility index (Phi) is 7.26. The Morgan fingerprint density at radius 2 is 0.707 bits per heavy atom. The highest BCUT2D eigenvalue weighted by atomic mass is 16.3. The molecule has 2 heterocycles. The van der Waals surface area contributed by atoms with Crippen LogP contribution in [0.5, 0.6) is 0 Å². The maximum Gasteiger partial charge on any atom is 0.143 e. The zero-order chi connectivity index (χ0) is 38.2. The molecule has 0 radical (unpaired) electrons. The highest BCUT2D eigenvalue weighted by Gasteiger charge is 2.20. The Bertz CT molecular complexity index is 3480. The molecule has 2 aromatic heterocycles. The van der Waals surface area contributed by atoms with Crippen molar-refractivity contribution >= 4 is 65.3 Å². The van der Waals surface area contributed by atoms with Crippen LogP contribution >= 0.6 is 0 Å². The molecular weight excluding hydrogens is 703 g/mol. The summed E-state index contributed by atoms with van der Waals surface area (Å²) in [7, 11) is 0. The lowest BCUT2D eigenvalue weighted by atomic mass is 9.86. The number of para-hydroxylation sites is 3. The molecule has 0 aliphatic rings. The maximum absolute atomic E-state index is 6.85. The summed E-state index contributed by atoms with van der Waals surface area (Å²) in [6.45, 7) is 0. The smallest absolute Gasteiger partial charge is 0.143 e. The van der Waals surface area contributed by atoms with Gasteiger partial charge in [-0.25, -0.2) is 0 Å². The second kappa shape index (κ2) is 12.9. The van der Waals surface area contributed by atoms with Crippen molar-refractivity contribution in [2.75, 3.05) is 0 Å². The van der Waals surface area contributed by atoms with E-state index in [4.69, 9.17) is 4.42 Å². The monoisotopic (exact) mass is 737 g/mol. The first-order chi connectivity index (χ1) is 28.8. The number of rotatable bonds is 5. The van der Waals surface area contributed by atoms with Gasteiger partial charge >= 0.3 is 0 Å². The predicted octanol–water partition coefficient (Wildman–Crippen LogP) is 15.7. The lowest BCUT2D eigenvalue weighted by Crippen LogP contribution is -1.95. The number of fused-ring (bicyclic) bond motifs is 8. The van der Waals surface area contributed by atoms with Crippen LogP contribution in [0.4, 0.5) is 0 Å². The third-order valence-corrected chi connectivity index (χ3v) is 12.0. The zero-order valence-electron chi connectivity index (χ0n) is 31.6. The number of furan rings is 1. The summed E-state index contributed by atoms with van der Waals surface area (Å²) in [6.07, 6.45) is 0. The van der Waals surface area contributed by atoms with E-state index in [0.717, 1.165) is 55.4 Å². The lowest BCUT2D eigenvalue weighted by Gasteiger charge is -2.18. The number of nitrogens with zero attached hydrogens (tertiary/aromatic N) is 1. The van der Waals surface area contributed by atoms with Gasteiger partial charge < -0.3 is 8.98 Å². The molecule has 270 valence electrons. The molecule has 0 unspecified atom stereocenters. The van der Waals surface area contributed by atoms with E-state index >= 15 is 0 Å². The molecule has 0 bridgehead atoms. The number of hydrogen-bond donors (Lipinski definition) is 0. The molecule has 0 spiro atoms. The first-order valence-corrected chi connectivity index (χ1v) is 19.9. The Balaban J connectivity index is 1.03. The highest BCUT2D eigenvalue weighted by Crippen LogP contribution is 2.45. The van der Waals surface area contributed by atoms with Gasteiger partial charge in [-0.2, -0.15) is 0 Å². The Hall–Kier alpha value is -7.68. The highest BCUT2D eigenvalue weighted by molar-refractivity contribution is 6.21. The molecule has 2 heteroatoms. The van der Waals surface area contributed by atoms with Gasteiger partial charge in [-0.05, 0) is 79.2 Å². The third kappa shape index (κ3) is 4.92. The van der Waals surface area contributed by atoms with E-state index in [2.05, 4.69) is 217 Å². The molecule has 0 atom stereocenters. The normalized spacial score (nSPS) is 11.8. The van der Waals surface area contributed by atoms with Crippen LogP contribution in [0.15, 0.2) is 217 Å². The van der Waals surface area contributed by atoms with Crippen molar-refractivity contribution in [2.45, 2.75) is 0 Å². The minimum absolute atomic E-state index is 0.907. The summed E-state index contributed by atoms with van der Waals surface area (Å²) in [6, 6.07) is 76.8. The minimum atomic E-state index is 0.907. The van der Waals surface area contributed by atoms with Crippen molar-refractivity contribution in [1.29, 1.82) is 0 Å². The molecule has 10 aromatic carbocycles. The fourth-order valence-electron chi connectivity index (χ4n) is 9.44. The predicted molar refractivity (Wildman–Crippen MR) is 245 cm³/mol. The molecular formula is C56H35NO. The molecule has 2 nitrogen and oxygen atoms in total. The van der Waals surface area contributed by atoms with Crippen LogP contribution in [0.3, 0.4) is 0 Å². The zero-order valence-corrected chi connectivity index (χ0v) is 31.6. The van der Waals surface area contributed by atoms with E-state index in [1.165, 1.54) is 60.1 Å². The average molecular weight is 738 g/mol. The standard InChI is InChI=1S/C56H35NO/c1-3-15-36(16-4-1)41-24-13-26-49-50-27-14-25-42(56(50)58-55(41)49)39-31-34-44-43-19-11-12-28-51(43)57(52(44)35-39)40-32-29-38(30-33-40)54-47-22-9-7-20-45(47)53(37-17-5-2-6-18-37)46-21-8-10-23-48(46)54/h1-35H. The fraction of sp³-hybridized carbons (Fsp3) is 0. The third-order valence-electron chi connectivity index (χ3n) is 12.0. The van der Waals surface area contributed by atoms with Crippen molar-refractivity contribution in [2.24, 2.45) is 0 Å². The van der Waals surface area contributed by atoms with Crippen molar-refractivity contribution < 1.29 is 4.42 Å². The average Bonchev–Trinajstić information content (AvgIpc) is 3.85. The van der Waals surface area contributed by atoms with Crippen LogP contribution < -0.4 is 0 Å². The molecule has 58 heavy (non-hydrogen) atoms. The quantitative estimate of drug-likeness (QED) is 0.161. The van der Waals surface area contributed by atoms with Gasteiger partial charge in [0.25, 0.3) is 0 Å². The Labute approximate surface area is 335 Å². The maximum atomic E-state index is 6.85. The molecule has 0 N–H and O–H groups in total. The fourth-order valence-corrected chi connectivity index (χ4v) is 9.44. The number of aromatic nitrogens is 1. The van der Waals surface area contributed by atoms with Gasteiger partial charge in [0.05, 0.1) is 11.0 Å². The Morgan fingerprint density at radius 3 is 1.29 bits per heavy atom. The molecule has 0 saturated carbocycles. The van der Waals surface area contributed by atoms with E-state index in [1.807, 2.05) is 0 Å². The van der Waals surface area contributed by atoms with Crippen LogP contribution in [0.1, 0.15) is 0 Å². The van der Waals surface area contributed by atoms with E-state index in [0.29, 0.717) is 0 Å². The SMILES string of the molecule is c1ccc(-c2c3ccccc3c(-c3ccc(-n4c5ccccc5c5ccc(-c6cccc7c6oc6c(-c8ccccc8)cccc67)cc54)cc3)c3ccccc23)cc1. The van der Waals surface area contributed by atoms with Gasteiger partial charge in [-0.1, -0.05) is 188 Å². The van der Waals surface area contributed by atoms with Gasteiger partial charge in [0, 0.05) is 38.4 Å². The second-order valence-electron chi connectivity index (χ2n) is 15.2. The summed E-state index contributed by atoms with van der Waals surface area (Å²) >= 11 is 0. The number of hydrogen-bond acceptors (Lipinski definition) is 1. The summed E-state index contributed by atoms with van der Waals surface area (Å²) in [5.41, 5.74) is 14.7.